The second kappa shape index (κ2) is 6.24. The summed E-state index contributed by atoms with van der Waals surface area (Å²) in [6.07, 6.45) is 4.95. The summed E-state index contributed by atoms with van der Waals surface area (Å²) in [6.45, 7) is 6.44. The monoisotopic (exact) mass is 321 g/mol. The van der Waals surface area contributed by atoms with Crippen molar-refractivity contribution in [1.29, 1.82) is 0 Å². The predicted molar refractivity (Wildman–Crippen MR) is 83.5 cm³/mol. The van der Waals surface area contributed by atoms with Crippen LogP contribution in [0.25, 0.3) is 0 Å². The van der Waals surface area contributed by atoms with Gasteiger partial charge in [0.25, 0.3) is 0 Å². The highest BCUT2D eigenvalue weighted by Crippen LogP contribution is 2.15. The van der Waals surface area contributed by atoms with Gasteiger partial charge in [-0.3, -0.25) is 4.68 Å². The zero-order valence-electron chi connectivity index (χ0n) is 11.6. The van der Waals surface area contributed by atoms with E-state index in [2.05, 4.69) is 77.6 Å². The van der Waals surface area contributed by atoms with Gasteiger partial charge in [-0.05, 0) is 44.9 Å². The molecule has 4 heteroatoms. The van der Waals surface area contributed by atoms with Gasteiger partial charge in [0.2, 0.25) is 0 Å². The second-order valence-electron chi connectivity index (χ2n) is 5.18. The van der Waals surface area contributed by atoms with Crippen LogP contribution in [0, 0.1) is 0 Å². The Bertz CT molecular complexity index is 516. The van der Waals surface area contributed by atoms with Crippen molar-refractivity contribution in [3.8, 4) is 0 Å². The SMILES string of the molecule is CC(Cc1ccc(Br)cc1)Nc1cnn(C(C)C)c1. The summed E-state index contributed by atoms with van der Waals surface area (Å²) in [5, 5.41) is 7.82. The molecule has 1 aromatic heterocycles. The van der Waals surface area contributed by atoms with E-state index in [0.717, 1.165) is 16.6 Å². The van der Waals surface area contributed by atoms with E-state index < -0.39 is 0 Å². The van der Waals surface area contributed by atoms with Crippen molar-refractivity contribution in [2.24, 2.45) is 0 Å². The van der Waals surface area contributed by atoms with Gasteiger partial charge in [0.1, 0.15) is 0 Å². The summed E-state index contributed by atoms with van der Waals surface area (Å²) in [4.78, 5) is 0. The van der Waals surface area contributed by atoms with Crippen LogP contribution in [-0.2, 0) is 6.42 Å². The molecule has 1 aromatic carbocycles. The number of nitrogens with zero attached hydrogens (tertiary/aromatic N) is 2. The molecule has 3 nitrogen and oxygen atoms in total. The van der Waals surface area contributed by atoms with E-state index in [1.807, 2.05) is 10.9 Å². The third-order valence-electron chi connectivity index (χ3n) is 3.00. The van der Waals surface area contributed by atoms with Crippen molar-refractivity contribution in [1.82, 2.24) is 9.78 Å². The number of rotatable bonds is 5. The molecule has 0 radical (unpaired) electrons. The number of nitrogens with one attached hydrogen (secondary N) is 1. The van der Waals surface area contributed by atoms with Crippen LogP contribution < -0.4 is 5.32 Å². The molecular formula is C15H20BrN3. The Morgan fingerprint density at radius 3 is 2.47 bits per heavy atom. The first-order valence-electron chi connectivity index (χ1n) is 6.59. The lowest BCUT2D eigenvalue weighted by molar-refractivity contribution is 0.532. The van der Waals surface area contributed by atoms with Gasteiger partial charge in [0.05, 0.1) is 11.9 Å². The first-order valence-corrected chi connectivity index (χ1v) is 7.39. The molecule has 0 aliphatic heterocycles. The first kappa shape index (κ1) is 14.1. The molecule has 1 unspecified atom stereocenters. The zero-order valence-corrected chi connectivity index (χ0v) is 13.2. The fourth-order valence-corrected chi connectivity index (χ4v) is 2.27. The number of hydrogen-bond acceptors (Lipinski definition) is 2. The lowest BCUT2D eigenvalue weighted by Crippen LogP contribution is -2.17. The van der Waals surface area contributed by atoms with Crippen LogP contribution in [0.5, 0.6) is 0 Å². The summed E-state index contributed by atoms with van der Waals surface area (Å²) in [6, 6.07) is 9.25. The number of benzene rings is 1. The van der Waals surface area contributed by atoms with Crippen molar-refractivity contribution in [3.05, 3.63) is 46.7 Å². The standard InChI is InChI=1S/C15H20BrN3/c1-11(2)19-10-15(9-17-19)18-12(3)8-13-4-6-14(16)7-5-13/h4-7,9-12,18H,8H2,1-3H3. The Kier molecular flexibility index (Phi) is 4.64. The molecule has 0 aliphatic carbocycles. The Morgan fingerprint density at radius 2 is 1.89 bits per heavy atom. The molecule has 1 heterocycles. The minimum absolute atomic E-state index is 0.381. The maximum absolute atomic E-state index is 4.34. The third-order valence-corrected chi connectivity index (χ3v) is 3.53. The smallest absolute Gasteiger partial charge is 0.0728 e. The van der Waals surface area contributed by atoms with Crippen molar-refractivity contribution in [2.75, 3.05) is 5.32 Å². The molecular weight excluding hydrogens is 302 g/mol. The van der Waals surface area contributed by atoms with Crippen molar-refractivity contribution < 1.29 is 0 Å². The van der Waals surface area contributed by atoms with E-state index in [1.54, 1.807) is 0 Å². The minimum atomic E-state index is 0.381. The summed E-state index contributed by atoms with van der Waals surface area (Å²) in [7, 11) is 0. The van der Waals surface area contributed by atoms with Gasteiger partial charge in [0.15, 0.2) is 0 Å². The second-order valence-corrected chi connectivity index (χ2v) is 6.09. The maximum atomic E-state index is 4.34. The number of halogens is 1. The Labute approximate surface area is 123 Å². The molecule has 2 aromatic rings. The van der Waals surface area contributed by atoms with Gasteiger partial charge >= 0.3 is 0 Å². The average molecular weight is 322 g/mol. The van der Waals surface area contributed by atoms with Gasteiger partial charge in [-0.2, -0.15) is 5.10 Å². The largest absolute Gasteiger partial charge is 0.380 e. The molecule has 0 amide bonds. The predicted octanol–water partition coefficient (Wildman–Crippen LogP) is 4.27. The van der Waals surface area contributed by atoms with Gasteiger partial charge in [-0.1, -0.05) is 28.1 Å². The molecule has 1 atom stereocenters. The van der Waals surface area contributed by atoms with Crippen molar-refractivity contribution >= 4 is 21.6 Å². The van der Waals surface area contributed by atoms with E-state index in [1.165, 1.54) is 5.56 Å². The summed E-state index contributed by atoms with van der Waals surface area (Å²) >= 11 is 3.46. The normalized spacial score (nSPS) is 12.7. The number of anilines is 1. The highest BCUT2D eigenvalue weighted by atomic mass is 79.9. The van der Waals surface area contributed by atoms with Crippen LogP contribution in [0.1, 0.15) is 32.4 Å². The maximum Gasteiger partial charge on any atom is 0.0728 e. The highest BCUT2D eigenvalue weighted by molar-refractivity contribution is 9.10. The van der Waals surface area contributed by atoms with E-state index in [0.29, 0.717) is 12.1 Å². The summed E-state index contributed by atoms with van der Waals surface area (Å²) in [5.74, 6) is 0. The average Bonchev–Trinajstić information content (AvgIpc) is 2.80. The molecule has 0 saturated carbocycles. The molecule has 19 heavy (non-hydrogen) atoms. The molecule has 1 N–H and O–H groups in total. The Morgan fingerprint density at radius 1 is 1.21 bits per heavy atom. The lowest BCUT2D eigenvalue weighted by Gasteiger charge is -2.13. The van der Waals surface area contributed by atoms with Crippen LogP contribution >= 0.6 is 15.9 Å². The third kappa shape index (κ3) is 4.10. The highest BCUT2D eigenvalue weighted by Gasteiger charge is 2.06. The molecule has 2 rings (SSSR count). The molecule has 0 spiro atoms. The Hall–Kier alpha value is -1.29. The van der Waals surface area contributed by atoms with Crippen LogP contribution in [0.4, 0.5) is 5.69 Å². The van der Waals surface area contributed by atoms with E-state index >= 15 is 0 Å². The molecule has 0 bridgehead atoms. The zero-order chi connectivity index (χ0) is 13.8. The molecule has 0 fully saturated rings. The molecule has 0 saturated heterocycles. The molecule has 0 aliphatic rings. The van der Waals surface area contributed by atoms with Crippen molar-refractivity contribution in [3.63, 3.8) is 0 Å². The van der Waals surface area contributed by atoms with Gasteiger partial charge < -0.3 is 5.32 Å². The van der Waals surface area contributed by atoms with E-state index in [9.17, 15) is 0 Å². The van der Waals surface area contributed by atoms with Crippen LogP contribution in [0.15, 0.2) is 41.1 Å². The Balaban J connectivity index is 1.93. The van der Waals surface area contributed by atoms with Gasteiger partial charge in [-0.15, -0.1) is 0 Å². The topological polar surface area (TPSA) is 29.9 Å². The van der Waals surface area contributed by atoms with E-state index in [-0.39, 0.29) is 0 Å². The summed E-state index contributed by atoms with van der Waals surface area (Å²) in [5.41, 5.74) is 2.41. The quantitative estimate of drug-likeness (QED) is 0.891. The first-order chi connectivity index (χ1) is 9.04. The van der Waals surface area contributed by atoms with Crippen molar-refractivity contribution in [2.45, 2.75) is 39.3 Å². The molecule has 102 valence electrons. The lowest BCUT2D eigenvalue weighted by atomic mass is 10.1. The van der Waals surface area contributed by atoms with E-state index in [4.69, 9.17) is 0 Å². The number of aromatic nitrogens is 2. The van der Waals surface area contributed by atoms with Gasteiger partial charge in [-0.25, -0.2) is 0 Å². The fourth-order valence-electron chi connectivity index (χ4n) is 2.00. The van der Waals surface area contributed by atoms with Crippen LogP contribution in [0.3, 0.4) is 0 Å². The summed E-state index contributed by atoms with van der Waals surface area (Å²) < 4.78 is 3.09. The van der Waals surface area contributed by atoms with Crippen LogP contribution in [0.2, 0.25) is 0 Å². The minimum Gasteiger partial charge on any atom is -0.380 e. The fraction of sp³-hybridized carbons (Fsp3) is 0.400. The van der Waals surface area contributed by atoms with Crippen LogP contribution in [-0.4, -0.2) is 15.8 Å². The number of hydrogen-bond donors (Lipinski definition) is 1. The van der Waals surface area contributed by atoms with Gasteiger partial charge in [0, 0.05) is 22.8 Å².